The van der Waals surface area contributed by atoms with Gasteiger partial charge in [-0.05, 0) is 30.7 Å². The highest BCUT2D eigenvalue weighted by Gasteiger charge is 2.35. The molecule has 1 saturated heterocycles. The zero-order valence-electron chi connectivity index (χ0n) is 10.4. The van der Waals surface area contributed by atoms with Crippen LogP contribution in [0.3, 0.4) is 0 Å². The molecule has 0 saturated carbocycles. The van der Waals surface area contributed by atoms with Crippen LogP contribution in [0.15, 0.2) is 42.6 Å². The van der Waals surface area contributed by atoms with E-state index >= 15 is 0 Å². The Morgan fingerprint density at radius 3 is 3.00 bits per heavy atom. The van der Waals surface area contributed by atoms with E-state index in [1.165, 1.54) is 16.9 Å². The summed E-state index contributed by atoms with van der Waals surface area (Å²) < 4.78 is 8.33. The van der Waals surface area contributed by atoms with Crippen molar-refractivity contribution in [2.24, 2.45) is 0 Å². The lowest BCUT2D eigenvalue weighted by Crippen LogP contribution is -2.23. The van der Waals surface area contributed by atoms with Crippen LogP contribution in [-0.2, 0) is 11.3 Å². The smallest absolute Gasteiger partial charge is 0.152 e. The van der Waals surface area contributed by atoms with E-state index in [0.29, 0.717) is 6.10 Å². The van der Waals surface area contributed by atoms with Crippen molar-refractivity contribution in [2.45, 2.75) is 25.8 Å². The van der Waals surface area contributed by atoms with Crippen LogP contribution in [0, 0.1) is 0 Å². The number of fused-ring (bicyclic) bond motifs is 5. The molecule has 2 aliphatic heterocycles. The maximum absolute atomic E-state index is 6.07. The first kappa shape index (κ1) is 10.4. The fourth-order valence-electron chi connectivity index (χ4n) is 3.09. The molecular formula is C15H16N2O. The Kier molecular flexibility index (Phi) is 2.13. The summed E-state index contributed by atoms with van der Waals surface area (Å²) in [5, 5.41) is 0. The zero-order chi connectivity index (χ0) is 12.1. The predicted octanol–water partition coefficient (Wildman–Crippen LogP) is 2.71. The molecule has 92 valence electrons. The van der Waals surface area contributed by atoms with Crippen LogP contribution in [0.5, 0.6) is 0 Å². The summed E-state index contributed by atoms with van der Waals surface area (Å²) in [6.45, 7) is 4.12. The molecule has 2 atom stereocenters. The molecule has 3 nitrogen and oxygen atoms in total. The van der Waals surface area contributed by atoms with Crippen LogP contribution >= 0.6 is 0 Å². The van der Waals surface area contributed by atoms with Gasteiger partial charge in [0.2, 0.25) is 0 Å². The second-order valence-electron chi connectivity index (χ2n) is 5.16. The van der Waals surface area contributed by atoms with Crippen LogP contribution in [0.1, 0.15) is 24.4 Å². The summed E-state index contributed by atoms with van der Waals surface area (Å²) in [6.07, 6.45) is 2.54. The molecule has 0 amide bonds. The predicted molar refractivity (Wildman–Crippen MR) is 69.5 cm³/mol. The van der Waals surface area contributed by atoms with Crippen molar-refractivity contribution in [1.29, 1.82) is 0 Å². The third-order valence-corrected chi connectivity index (χ3v) is 3.84. The zero-order valence-corrected chi connectivity index (χ0v) is 10.4. The lowest BCUT2D eigenvalue weighted by molar-refractivity contribution is -0.000676. The molecule has 3 heterocycles. The van der Waals surface area contributed by atoms with E-state index in [4.69, 9.17) is 4.74 Å². The van der Waals surface area contributed by atoms with Crippen molar-refractivity contribution in [1.82, 2.24) is 9.47 Å². The number of aromatic nitrogens is 1. The number of para-hydroxylation sites is 1. The molecule has 0 N–H and O–H groups in total. The Morgan fingerprint density at radius 1 is 1.17 bits per heavy atom. The Morgan fingerprint density at radius 2 is 2.06 bits per heavy atom. The first-order valence-electron chi connectivity index (χ1n) is 6.48. The van der Waals surface area contributed by atoms with Crippen molar-refractivity contribution < 1.29 is 4.74 Å². The molecule has 0 radical (unpaired) electrons. The van der Waals surface area contributed by atoms with Crippen LogP contribution in [-0.4, -0.2) is 22.1 Å². The Labute approximate surface area is 107 Å². The molecule has 1 fully saturated rings. The molecule has 1 aromatic heterocycles. The van der Waals surface area contributed by atoms with Crippen molar-refractivity contribution in [3.63, 3.8) is 0 Å². The molecule has 4 rings (SSSR count). The molecule has 0 aliphatic carbocycles. The summed E-state index contributed by atoms with van der Waals surface area (Å²) in [4.78, 5) is 2.42. The highest BCUT2D eigenvalue weighted by molar-refractivity contribution is 5.44. The number of rotatable bonds is 0. The van der Waals surface area contributed by atoms with Gasteiger partial charge in [0.25, 0.3) is 0 Å². The SMILES string of the molecule is CC1CN2Cc3ccccc3-n3cccc3C2O1. The van der Waals surface area contributed by atoms with Gasteiger partial charge >= 0.3 is 0 Å². The molecule has 2 aliphatic rings. The molecule has 0 spiro atoms. The van der Waals surface area contributed by atoms with E-state index in [9.17, 15) is 0 Å². The van der Waals surface area contributed by atoms with E-state index in [0.717, 1.165) is 13.1 Å². The Hall–Kier alpha value is -1.58. The molecule has 2 unspecified atom stereocenters. The largest absolute Gasteiger partial charge is 0.353 e. The van der Waals surface area contributed by atoms with Crippen molar-refractivity contribution in [3.05, 3.63) is 53.9 Å². The Bertz CT molecular complexity index is 590. The molecule has 1 aromatic carbocycles. The second-order valence-corrected chi connectivity index (χ2v) is 5.16. The first-order chi connectivity index (χ1) is 8.83. The van der Waals surface area contributed by atoms with Gasteiger partial charge in [-0.3, -0.25) is 4.90 Å². The van der Waals surface area contributed by atoms with E-state index in [1.807, 2.05) is 0 Å². The lowest BCUT2D eigenvalue weighted by Gasteiger charge is -2.19. The van der Waals surface area contributed by atoms with Crippen LogP contribution in [0.25, 0.3) is 5.69 Å². The summed E-state index contributed by atoms with van der Waals surface area (Å²) in [7, 11) is 0. The maximum atomic E-state index is 6.07. The van der Waals surface area contributed by atoms with Gasteiger partial charge in [0.05, 0.1) is 11.8 Å². The lowest BCUT2D eigenvalue weighted by atomic mass is 10.1. The summed E-state index contributed by atoms with van der Waals surface area (Å²) >= 11 is 0. The van der Waals surface area contributed by atoms with Crippen molar-refractivity contribution in [3.8, 4) is 5.69 Å². The average Bonchev–Trinajstić information content (AvgIpc) is 2.94. The van der Waals surface area contributed by atoms with E-state index < -0.39 is 0 Å². The van der Waals surface area contributed by atoms with E-state index in [1.54, 1.807) is 0 Å². The molecular weight excluding hydrogens is 224 g/mol. The number of nitrogens with zero attached hydrogens (tertiary/aromatic N) is 2. The minimum Gasteiger partial charge on any atom is -0.353 e. The van der Waals surface area contributed by atoms with Crippen LogP contribution < -0.4 is 0 Å². The number of hydrogen-bond donors (Lipinski definition) is 0. The summed E-state index contributed by atoms with van der Waals surface area (Å²) in [6, 6.07) is 12.9. The fraction of sp³-hybridized carbons (Fsp3) is 0.333. The normalized spacial score (nSPS) is 26.3. The van der Waals surface area contributed by atoms with Crippen molar-refractivity contribution >= 4 is 0 Å². The topological polar surface area (TPSA) is 17.4 Å². The average molecular weight is 240 g/mol. The molecule has 3 heteroatoms. The van der Waals surface area contributed by atoms with Gasteiger partial charge in [0.1, 0.15) is 0 Å². The number of benzene rings is 1. The fourth-order valence-corrected chi connectivity index (χ4v) is 3.09. The minimum absolute atomic E-state index is 0.0994. The molecule has 0 bridgehead atoms. The van der Waals surface area contributed by atoms with Crippen molar-refractivity contribution in [2.75, 3.05) is 6.54 Å². The van der Waals surface area contributed by atoms with Gasteiger partial charge in [0, 0.05) is 25.0 Å². The van der Waals surface area contributed by atoms with E-state index in [2.05, 4.69) is 59.0 Å². The minimum atomic E-state index is 0.0994. The maximum Gasteiger partial charge on any atom is 0.152 e. The number of hydrogen-bond acceptors (Lipinski definition) is 2. The monoisotopic (exact) mass is 240 g/mol. The quantitative estimate of drug-likeness (QED) is 0.704. The van der Waals surface area contributed by atoms with Gasteiger partial charge in [-0.2, -0.15) is 0 Å². The van der Waals surface area contributed by atoms with Gasteiger partial charge in [-0.15, -0.1) is 0 Å². The van der Waals surface area contributed by atoms with Gasteiger partial charge in [-0.1, -0.05) is 18.2 Å². The summed E-state index contributed by atoms with van der Waals surface area (Å²) in [5.74, 6) is 0. The van der Waals surface area contributed by atoms with Gasteiger partial charge < -0.3 is 9.30 Å². The summed E-state index contributed by atoms with van der Waals surface area (Å²) in [5.41, 5.74) is 3.89. The standard InChI is InChI=1S/C15H16N2O/c1-11-9-16-10-12-5-2-3-6-13(12)17-8-4-7-14(17)15(16)18-11/h2-8,11,15H,9-10H2,1H3. The second kappa shape index (κ2) is 3.70. The number of ether oxygens (including phenoxy) is 1. The highest BCUT2D eigenvalue weighted by Crippen LogP contribution is 2.37. The van der Waals surface area contributed by atoms with Gasteiger partial charge in [0.15, 0.2) is 6.23 Å². The third kappa shape index (κ3) is 1.38. The van der Waals surface area contributed by atoms with E-state index in [-0.39, 0.29) is 6.23 Å². The third-order valence-electron chi connectivity index (χ3n) is 3.84. The van der Waals surface area contributed by atoms with Crippen LogP contribution in [0.4, 0.5) is 0 Å². The molecule has 2 aromatic rings. The van der Waals surface area contributed by atoms with Crippen LogP contribution in [0.2, 0.25) is 0 Å². The van der Waals surface area contributed by atoms with Gasteiger partial charge in [-0.25, -0.2) is 0 Å². The highest BCUT2D eigenvalue weighted by atomic mass is 16.5. The first-order valence-corrected chi connectivity index (χ1v) is 6.48. The Balaban J connectivity index is 1.93. The molecule has 18 heavy (non-hydrogen) atoms.